The Morgan fingerprint density at radius 3 is 3.07 bits per heavy atom. The van der Waals surface area contributed by atoms with Crippen molar-refractivity contribution in [1.29, 1.82) is 0 Å². The average Bonchev–Trinajstić information content (AvgIpc) is 2.59. The Kier molecular flexibility index (Phi) is 4.88. The van der Waals surface area contributed by atoms with Gasteiger partial charge in [0.2, 0.25) is 0 Å². The summed E-state index contributed by atoms with van der Waals surface area (Å²) >= 11 is 0. The minimum atomic E-state index is 0.640. The van der Waals surface area contributed by atoms with Crippen molar-refractivity contribution in [2.24, 2.45) is 7.05 Å². The maximum absolute atomic E-state index is 5.13. The summed E-state index contributed by atoms with van der Waals surface area (Å²) in [7, 11) is 4.02. The quantitative estimate of drug-likeness (QED) is 0.528. The van der Waals surface area contributed by atoms with Crippen molar-refractivity contribution in [2.75, 3.05) is 26.7 Å². The highest BCUT2D eigenvalue weighted by Gasteiger charge is 2.01. The number of hydrogen-bond acceptors (Lipinski definition) is 3. The van der Waals surface area contributed by atoms with Gasteiger partial charge in [0.15, 0.2) is 0 Å². The van der Waals surface area contributed by atoms with Gasteiger partial charge in [-0.3, -0.25) is 4.68 Å². The third-order valence-corrected chi connectivity index (χ3v) is 2.11. The number of terminal acetylenes is 1. The molecule has 1 N–H and O–H groups in total. The fourth-order valence-corrected chi connectivity index (χ4v) is 1.37. The van der Waals surface area contributed by atoms with E-state index in [0.29, 0.717) is 6.54 Å². The van der Waals surface area contributed by atoms with Gasteiger partial charge in [-0.2, -0.15) is 5.10 Å². The predicted octanol–water partition coefficient (Wildman–Crippen LogP) is 0.0747. The Hall–Kier alpha value is -1.31. The molecule has 0 aliphatic carbocycles. The summed E-state index contributed by atoms with van der Waals surface area (Å²) < 4.78 is 1.82. The molecule has 1 aromatic rings. The summed E-state index contributed by atoms with van der Waals surface area (Å²) in [5, 5.41) is 7.29. The van der Waals surface area contributed by atoms with Crippen LogP contribution < -0.4 is 5.32 Å². The number of likely N-dealkylation sites (N-methyl/N-ethyl adjacent to an activating group) is 1. The van der Waals surface area contributed by atoms with Crippen LogP contribution in [0.2, 0.25) is 0 Å². The summed E-state index contributed by atoms with van der Waals surface area (Å²) in [6.07, 6.45) is 9.06. The van der Waals surface area contributed by atoms with Crippen LogP contribution >= 0.6 is 0 Å². The second kappa shape index (κ2) is 6.23. The molecule has 0 aliphatic heterocycles. The van der Waals surface area contributed by atoms with Gasteiger partial charge >= 0.3 is 0 Å². The SMILES string of the molecule is C#CCNCCN(C)Cc1cnn(C)c1. The maximum atomic E-state index is 5.13. The Morgan fingerprint density at radius 1 is 1.67 bits per heavy atom. The minimum Gasteiger partial charge on any atom is -0.305 e. The number of aromatic nitrogens is 2. The molecule has 0 atom stereocenters. The first-order chi connectivity index (χ1) is 7.22. The van der Waals surface area contributed by atoms with Crippen LogP contribution in [-0.2, 0) is 13.6 Å². The van der Waals surface area contributed by atoms with Crippen LogP contribution in [0.15, 0.2) is 12.4 Å². The summed E-state index contributed by atoms with van der Waals surface area (Å²) in [6.45, 7) is 3.46. The van der Waals surface area contributed by atoms with Gasteiger partial charge in [-0.05, 0) is 7.05 Å². The zero-order valence-corrected chi connectivity index (χ0v) is 9.40. The standard InChI is InChI=1S/C11H18N4/c1-4-5-12-6-7-14(2)9-11-8-13-15(3)10-11/h1,8,10,12H,5-7,9H2,2-3H3. The molecule has 0 saturated carbocycles. The lowest BCUT2D eigenvalue weighted by molar-refractivity contribution is 0.326. The van der Waals surface area contributed by atoms with Crippen LogP contribution in [0.1, 0.15) is 5.56 Å². The van der Waals surface area contributed by atoms with E-state index in [-0.39, 0.29) is 0 Å². The normalized spacial score (nSPS) is 10.5. The predicted molar refractivity (Wildman–Crippen MR) is 61.2 cm³/mol. The van der Waals surface area contributed by atoms with Gasteiger partial charge in [0.05, 0.1) is 12.7 Å². The zero-order valence-electron chi connectivity index (χ0n) is 9.40. The fraction of sp³-hybridized carbons (Fsp3) is 0.545. The van der Waals surface area contributed by atoms with Crippen LogP contribution in [-0.4, -0.2) is 41.4 Å². The van der Waals surface area contributed by atoms with Crippen molar-refractivity contribution in [1.82, 2.24) is 20.0 Å². The summed E-state index contributed by atoms with van der Waals surface area (Å²) in [5.41, 5.74) is 1.23. The number of rotatable bonds is 6. The largest absolute Gasteiger partial charge is 0.305 e. The third-order valence-electron chi connectivity index (χ3n) is 2.11. The summed E-state index contributed by atoms with van der Waals surface area (Å²) in [6, 6.07) is 0. The van der Waals surface area contributed by atoms with E-state index in [2.05, 4.69) is 28.3 Å². The van der Waals surface area contributed by atoms with E-state index in [1.807, 2.05) is 24.1 Å². The molecule has 0 spiro atoms. The van der Waals surface area contributed by atoms with Crippen molar-refractivity contribution < 1.29 is 0 Å². The average molecular weight is 206 g/mol. The molecule has 1 aromatic heterocycles. The van der Waals surface area contributed by atoms with E-state index in [0.717, 1.165) is 19.6 Å². The van der Waals surface area contributed by atoms with Gasteiger partial charge in [-0.15, -0.1) is 6.42 Å². The molecule has 82 valence electrons. The van der Waals surface area contributed by atoms with Gasteiger partial charge in [0.1, 0.15) is 0 Å². The van der Waals surface area contributed by atoms with Crippen molar-refractivity contribution in [3.05, 3.63) is 18.0 Å². The maximum Gasteiger partial charge on any atom is 0.0574 e. The van der Waals surface area contributed by atoms with E-state index in [1.54, 1.807) is 0 Å². The van der Waals surface area contributed by atoms with Crippen LogP contribution in [0.3, 0.4) is 0 Å². The Labute approximate surface area is 91.3 Å². The van der Waals surface area contributed by atoms with Gasteiger partial charge < -0.3 is 10.2 Å². The molecule has 0 saturated heterocycles. The monoisotopic (exact) mass is 206 g/mol. The van der Waals surface area contributed by atoms with Crippen LogP contribution in [0.4, 0.5) is 0 Å². The molecular weight excluding hydrogens is 188 g/mol. The van der Waals surface area contributed by atoms with E-state index in [4.69, 9.17) is 6.42 Å². The number of nitrogens with one attached hydrogen (secondary N) is 1. The topological polar surface area (TPSA) is 33.1 Å². The van der Waals surface area contributed by atoms with E-state index < -0.39 is 0 Å². The molecule has 0 amide bonds. The lowest BCUT2D eigenvalue weighted by Gasteiger charge is -2.15. The Morgan fingerprint density at radius 2 is 2.47 bits per heavy atom. The van der Waals surface area contributed by atoms with Crippen LogP contribution in [0.5, 0.6) is 0 Å². The first-order valence-corrected chi connectivity index (χ1v) is 5.02. The molecule has 0 radical (unpaired) electrons. The van der Waals surface area contributed by atoms with Gasteiger partial charge in [-0.25, -0.2) is 0 Å². The highest BCUT2D eigenvalue weighted by molar-refractivity contribution is 5.02. The Bertz CT molecular complexity index is 324. The number of hydrogen-bond donors (Lipinski definition) is 1. The third kappa shape index (κ3) is 4.63. The molecule has 0 unspecified atom stereocenters. The lowest BCUT2D eigenvalue weighted by Crippen LogP contribution is -2.29. The second-order valence-electron chi connectivity index (χ2n) is 3.64. The van der Waals surface area contributed by atoms with E-state index >= 15 is 0 Å². The molecule has 4 heteroatoms. The molecule has 0 bridgehead atoms. The summed E-state index contributed by atoms with van der Waals surface area (Å²) in [4.78, 5) is 2.24. The van der Waals surface area contributed by atoms with Crippen molar-refractivity contribution in [2.45, 2.75) is 6.54 Å². The van der Waals surface area contributed by atoms with Gasteiger partial charge in [0, 0.05) is 38.4 Å². The van der Waals surface area contributed by atoms with Gasteiger partial charge in [-0.1, -0.05) is 5.92 Å². The van der Waals surface area contributed by atoms with Crippen LogP contribution in [0, 0.1) is 12.3 Å². The fourth-order valence-electron chi connectivity index (χ4n) is 1.37. The Balaban J connectivity index is 2.19. The van der Waals surface area contributed by atoms with E-state index in [9.17, 15) is 0 Å². The van der Waals surface area contributed by atoms with Gasteiger partial charge in [0.25, 0.3) is 0 Å². The van der Waals surface area contributed by atoms with Crippen molar-refractivity contribution in [3.63, 3.8) is 0 Å². The molecule has 0 aromatic carbocycles. The second-order valence-corrected chi connectivity index (χ2v) is 3.64. The number of aryl methyl sites for hydroxylation is 1. The lowest BCUT2D eigenvalue weighted by atomic mass is 10.3. The first-order valence-electron chi connectivity index (χ1n) is 5.02. The number of nitrogens with zero attached hydrogens (tertiary/aromatic N) is 3. The molecule has 4 nitrogen and oxygen atoms in total. The highest BCUT2D eigenvalue weighted by Crippen LogP contribution is 1.99. The summed E-state index contributed by atoms with van der Waals surface area (Å²) in [5.74, 6) is 2.55. The molecule has 1 rings (SSSR count). The van der Waals surface area contributed by atoms with Crippen molar-refractivity contribution in [3.8, 4) is 12.3 Å². The van der Waals surface area contributed by atoms with Crippen LogP contribution in [0.25, 0.3) is 0 Å². The molecule has 0 aliphatic rings. The minimum absolute atomic E-state index is 0.640. The molecule has 1 heterocycles. The highest BCUT2D eigenvalue weighted by atomic mass is 15.2. The van der Waals surface area contributed by atoms with E-state index in [1.165, 1.54) is 5.56 Å². The first kappa shape index (κ1) is 11.8. The van der Waals surface area contributed by atoms with Crippen molar-refractivity contribution >= 4 is 0 Å². The molecular formula is C11H18N4. The zero-order chi connectivity index (χ0) is 11.1. The smallest absolute Gasteiger partial charge is 0.0574 e. The molecule has 15 heavy (non-hydrogen) atoms. The molecule has 0 fully saturated rings.